The van der Waals surface area contributed by atoms with Crippen molar-refractivity contribution in [2.45, 2.75) is 37.9 Å². The Morgan fingerprint density at radius 2 is 1.88 bits per heavy atom. The van der Waals surface area contributed by atoms with E-state index in [1.807, 2.05) is 5.32 Å². The Labute approximate surface area is 178 Å². The summed E-state index contributed by atoms with van der Waals surface area (Å²) < 4.78 is 47.9. The van der Waals surface area contributed by atoms with Crippen LogP contribution in [-0.2, 0) is 14.4 Å². The lowest BCUT2D eigenvalue weighted by Gasteiger charge is -2.27. The molecule has 2 heterocycles. The topological polar surface area (TPSA) is 145 Å². The number of amides is 4. The van der Waals surface area contributed by atoms with Gasteiger partial charge in [0.25, 0.3) is 11.8 Å². The number of imide groups is 2. The largest absolute Gasteiger partial charge is 0.491 e. The molecule has 10 nitrogen and oxygen atoms in total. The van der Waals surface area contributed by atoms with E-state index in [0.717, 1.165) is 12.1 Å². The third-order valence-electron chi connectivity index (χ3n) is 4.80. The van der Waals surface area contributed by atoms with Gasteiger partial charge >= 0.3 is 12.1 Å². The monoisotopic (exact) mass is 457 g/mol. The van der Waals surface area contributed by atoms with E-state index in [9.17, 15) is 37.1 Å². The number of piperidine rings is 1. The molecule has 3 N–H and O–H groups in total. The Morgan fingerprint density at radius 3 is 2.50 bits per heavy atom. The lowest BCUT2D eigenvalue weighted by Crippen LogP contribution is -2.54. The molecule has 0 aromatic heterocycles. The van der Waals surface area contributed by atoms with Gasteiger partial charge in [0.1, 0.15) is 6.04 Å². The maximum absolute atomic E-state index is 13.1. The fourth-order valence-electron chi connectivity index (χ4n) is 3.31. The van der Waals surface area contributed by atoms with E-state index >= 15 is 0 Å². The SMILES string of the molecule is NCCCCOc1c(OC(=O)C(F)(F)F)ccc2c1C(=O)N(C1CCC(=O)NC1=O)C2=O. The number of rotatable bonds is 7. The molecule has 172 valence electrons. The molecule has 1 aromatic rings. The highest BCUT2D eigenvalue weighted by Crippen LogP contribution is 2.40. The first-order chi connectivity index (χ1) is 15.1. The average Bonchev–Trinajstić information content (AvgIpc) is 2.96. The fraction of sp³-hybridized carbons (Fsp3) is 0.421. The molecule has 1 fully saturated rings. The van der Waals surface area contributed by atoms with Crippen LogP contribution in [0, 0.1) is 0 Å². The van der Waals surface area contributed by atoms with Crippen LogP contribution >= 0.6 is 0 Å². The number of nitrogens with zero attached hydrogens (tertiary/aromatic N) is 1. The van der Waals surface area contributed by atoms with Gasteiger partial charge < -0.3 is 15.2 Å². The molecule has 0 saturated carbocycles. The molecule has 1 aromatic carbocycles. The van der Waals surface area contributed by atoms with Crippen molar-refractivity contribution in [1.82, 2.24) is 10.2 Å². The van der Waals surface area contributed by atoms with Crippen molar-refractivity contribution in [3.63, 3.8) is 0 Å². The molecule has 1 unspecified atom stereocenters. The maximum atomic E-state index is 13.1. The smallest absolute Gasteiger partial charge is 0.489 e. The van der Waals surface area contributed by atoms with Gasteiger partial charge in [-0.25, -0.2) is 4.79 Å². The van der Waals surface area contributed by atoms with Crippen molar-refractivity contribution in [2.75, 3.05) is 13.2 Å². The number of halogens is 3. The predicted molar refractivity (Wildman–Crippen MR) is 98.6 cm³/mol. The molecule has 1 saturated heterocycles. The summed E-state index contributed by atoms with van der Waals surface area (Å²) in [5.74, 6) is -7.09. The molecule has 0 aliphatic carbocycles. The van der Waals surface area contributed by atoms with Crippen LogP contribution in [-0.4, -0.2) is 59.9 Å². The number of alkyl halides is 3. The van der Waals surface area contributed by atoms with Crippen molar-refractivity contribution in [3.8, 4) is 11.5 Å². The van der Waals surface area contributed by atoms with Gasteiger partial charge in [-0.2, -0.15) is 13.2 Å². The third-order valence-corrected chi connectivity index (χ3v) is 4.80. The van der Waals surface area contributed by atoms with Gasteiger partial charge in [-0.1, -0.05) is 0 Å². The second kappa shape index (κ2) is 8.94. The summed E-state index contributed by atoms with van der Waals surface area (Å²) >= 11 is 0. The van der Waals surface area contributed by atoms with E-state index in [0.29, 0.717) is 24.3 Å². The third kappa shape index (κ3) is 4.42. The number of carbonyl (C=O) groups excluding carboxylic acids is 5. The molecule has 1 atom stereocenters. The first-order valence-corrected chi connectivity index (χ1v) is 9.56. The minimum atomic E-state index is -5.31. The van der Waals surface area contributed by atoms with Gasteiger partial charge in [0.2, 0.25) is 11.8 Å². The van der Waals surface area contributed by atoms with Crippen LogP contribution in [0.25, 0.3) is 0 Å². The van der Waals surface area contributed by atoms with Gasteiger partial charge in [-0.3, -0.25) is 29.4 Å². The molecule has 0 spiro atoms. The predicted octanol–water partition coefficient (Wildman–Crippen LogP) is 0.673. The number of hydrogen-bond acceptors (Lipinski definition) is 8. The van der Waals surface area contributed by atoms with Gasteiger partial charge in [0.05, 0.1) is 17.7 Å². The molecular weight excluding hydrogens is 439 g/mol. The van der Waals surface area contributed by atoms with Crippen molar-refractivity contribution in [2.24, 2.45) is 5.73 Å². The highest BCUT2D eigenvalue weighted by atomic mass is 19.4. The summed E-state index contributed by atoms with van der Waals surface area (Å²) in [6.45, 7) is 0.219. The number of unbranched alkanes of at least 4 members (excludes halogenated alkanes) is 1. The number of esters is 1. The summed E-state index contributed by atoms with van der Waals surface area (Å²) in [7, 11) is 0. The van der Waals surface area contributed by atoms with Gasteiger partial charge in [0, 0.05) is 6.42 Å². The molecular formula is C19H18F3N3O7. The molecule has 0 radical (unpaired) electrons. The van der Waals surface area contributed by atoms with Gasteiger partial charge in [-0.15, -0.1) is 0 Å². The Bertz CT molecular complexity index is 993. The zero-order chi connectivity index (χ0) is 23.6. The molecule has 4 amide bonds. The van der Waals surface area contributed by atoms with Crippen LogP contribution in [0.5, 0.6) is 11.5 Å². The maximum Gasteiger partial charge on any atom is 0.491 e. The second-order valence-corrected chi connectivity index (χ2v) is 6.99. The van der Waals surface area contributed by atoms with E-state index < -0.39 is 58.9 Å². The van der Waals surface area contributed by atoms with E-state index in [1.165, 1.54) is 0 Å². The number of ether oxygens (including phenoxy) is 2. The normalized spacial score (nSPS) is 18.5. The minimum absolute atomic E-state index is 0.0931. The van der Waals surface area contributed by atoms with Crippen molar-refractivity contribution >= 4 is 29.6 Å². The van der Waals surface area contributed by atoms with E-state index in [2.05, 4.69) is 4.74 Å². The molecule has 13 heteroatoms. The quantitative estimate of drug-likeness (QED) is 0.263. The number of carbonyl (C=O) groups is 5. The first-order valence-electron chi connectivity index (χ1n) is 9.56. The van der Waals surface area contributed by atoms with Crippen molar-refractivity contribution in [3.05, 3.63) is 23.3 Å². The van der Waals surface area contributed by atoms with E-state index in [4.69, 9.17) is 10.5 Å². The summed E-state index contributed by atoms with van der Waals surface area (Å²) in [6, 6.07) is 0.624. The fourth-order valence-corrected chi connectivity index (χ4v) is 3.31. The number of benzene rings is 1. The standard InChI is InChI=1S/C19H18F3N3O7/c20-19(21,22)18(30)32-11-5-3-9-13(14(11)31-8-2-1-7-23)17(29)25(16(9)28)10-4-6-12(26)24-15(10)27/h3,5,10H,1-2,4,6-8,23H2,(H,24,26,27). The summed E-state index contributed by atoms with van der Waals surface area (Å²) in [4.78, 5) is 61.4. The molecule has 3 rings (SSSR count). The Balaban J connectivity index is 1.99. The van der Waals surface area contributed by atoms with Crippen LogP contribution in [0.15, 0.2) is 12.1 Å². The van der Waals surface area contributed by atoms with Crippen LogP contribution in [0.4, 0.5) is 13.2 Å². The summed E-state index contributed by atoms with van der Waals surface area (Å²) in [5.41, 5.74) is 4.72. The van der Waals surface area contributed by atoms with Crippen LogP contribution < -0.4 is 20.5 Å². The van der Waals surface area contributed by atoms with Crippen LogP contribution in [0.1, 0.15) is 46.4 Å². The number of fused-ring (bicyclic) bond motifs is 1. The van der Waals surface area contributed by atoms with Crippen LogP contribution in [0.2, 0.25) is 0 Å². The van der Waals surface area contributed by atoms with Gasteiger partial charge in [0.15, 0.2) is 11.5 Å². The summed E-state index contributed by atoms with van der Waals surface area (Å²) in [6.07, 6.45) is -4.67. The Hall–Kier alpha value is -3.48. The highest BCUT2D eigenvalue weighted by Gasteiger charge is 2.48. The Kier molecular flexibility index (Phi) is 6.48. The van der Waals surface area contributed by atoms with Gasteiger partial charge in [-0.05, 0) is 37.9 Å². The molecule has 0 bridgehead atoms. The van der Waals surface area contributed by atoms with E-state index in [-0.39, 0.29) is 25.0 Å². The average molecular weight is 457 g/mol. The van der Waals surface area contributed by atoms with Crippen molar-refractivity contribution < 1.29 is 46.6 Å². The zero-order valence-corrected chi connectivity index (χ0v) is 16.5. The second-order valence-electron chi connectivity index (χ2n) is 6.99. The number of hydrogen-bond donors (Lipinski definition) is 2. The zero-order valence-electron chi connectivity index (χ0n) is 16.5. The molecule has 2 aliphatic rings. The van der Waals surface area contributed by atoms with E-state index in [1.54, 1.807) is 0 Å². The first kappa shape index (κ1) is 23.2. The Morgan fingerprint density at radius 1 is 1.16 bits per heavy atom. The lowest BCUT2D eigenvalue weighted by atomic mass is 10.0. The minimum Gasteiger partial charge on any atom is -0.489 e. The van der Waals surface area contributed by atoms with Crippen LogP contribution in [0.3, 0.4) is 0 Å². The number of nitrogens with two attached hydrogens (primary N) is 1. The molecule has 32 heavy (non-hydrogen) atoms. The lowest BCUT2D eigenvalue weighted by molar-refractivity contribution is -0.189. The number of nitrogens with one attached hydrogen (secondary N) is 1. The van der Waals surface area contributed by atoms with Crippen molar-refractivity contribution in [1.29, 1.82) is 0 Å². The molecule has 2 aliphatic heterocycles. The highest BCUT2D eigenvalue weighted by molar-refractivity contribution is 6.25. The summed E-state index contributed by atoms with van der Waals surface area (Å²) in [5, 5.41) is 2.03.